The SMILES string of the molecule is CCN(CC1CCC(C(=O)O)O1)c1ccc(C)cc1. The molecule has 2 rings (SSSR count). The second-order valence-electron chi connectivity index (χ2n) is 5.04. The molecule has 0 saturated carbocycles. The number of ether oxygens (including phenoxy) is 1. The average molecular weight is 263 g/mol. The highest BCUT2D eigenvalue weighted by atomic mass is 16.5. The van der Waals surface area contributed by atoms with Gasteiger partial charge in [-0.2, -0.15) is 0 Å². The molecule has 0 amide bonds. The van der Waals surface area contributed by atoms with Crippen LogP contribution in [0.15, 0.2) is 24.3 Å². The molecule has 0 spiro atoms. The van der Waals surface area contributed by atoms with E-state index < -0.39 is 12.1 Å². The summed E-state index contributed by atoms with van der Waals surface area (Å²) in [5, 5.41) is 8.93. The van der Waals surface area contributed by atoms with Crippen molar-refractivity contribution < 1.29 is 14.6 Å². The van der Waals surface area contributed by atoms with Gasteiger partial charge in [-0.1, -0.05) is 17.7 Å². The van der Waals surface area contributed by atoms with Crippen LogP contribution in [0.4, 0.5) is 5.69 Å². The molecule has 0 aliphatic carbocycles. The molecular weight excluding hydrogens is 242 g/mol. The second kappa shape index (κ2) is 6.06. The Morgan fingerprint density at radius 1 is 1.37 bits per heavy atom. The average Bonchev–Trinajstić information content (AvgIpc) is 2.86. The van der Waals surface area contributed by atoms with Crippen molar-refractivity contribution in [2.24, 2.45) is 0 Å². The van der Waals surface area contributed by atoms with Crippen molar-refractivity contribution in [1.29, 1.82) is 0 Å². The maximum atomic E-state index is 10.9. The Hall–Kier alpha value is -1.55. The Morgan fingerprint density at radius 3 is 2.58 bits per heavy atom. The Balaban J connectivity index is 1.96. The van der Waals surface area contributed by atoms with E-state index in [9.17, 15) is 4.79 Å². The van der Waals surface area contributed by atoms with Gasteiger partial charge in [0.1, 0.15) is 0 Å². The van der Waals surface area contributed by atoms with Crippen LogP contribution in [0.3, 0.4) is 0 Å². The highest BCUT2D eigenvalue weighted by Crippen LogP contribution is 2.23. The molecule has 1 heterocycles. The van der Waals surface area contributed by atoms with E-state index in [0.29, 0.717) is 6.42 Å². The third-order valence-corrected chi connectivity index (χ3v) is 3.59. The lowest BCUT2D eigenvalue weighted by atomic mass is 10.1. The molecule has 0 bridgehead atoms. The van der Waals surface area contributed by atoms with Gasteiger partial charge < -0.3 is 14.7 Å². The summed E-state index contributed by atoms with van der Waals surface area (Å²) < 4.78 is 5.56. The zero-order chi connectivity index (χ0) is 13.8. The van der Waals surface area contributed by atoms with E-state index in [2.05, 4.69) is 43.0 Å². The molecule has 4 heteroatoms. The minimum atomic E-state index is -0.846. The summed E-state index contributed by atoms with van der Waals surface area (Å²) >= 11 is 0. The van der Waals surface area contributed by atoms with Crippen LogP contribution in [0.5, 0.6) is 0 Å². The fourth-order valence-corrected chi connectivity index (χ4v) is 2.44. The smallest absolute Gasteiger partial charge is 0.332 e. The number of hydrogen-bond acceptors (Lipinski definition) is 3. The number of carboxylic acid groups (broad SMARTS) is 1. The third kappa shape index (κ3) is 3.47. The highest BCUT2D eigenvalue weighted by Gasteiger charge is 2.31. The highest BCUT2D eigenvalue weighted by molar-refractivity contribution is 5.72. The first kappa shape index (κ1) is 13.9. The molecule has 2 atom stereocenters. The number of carbonyl (C=O) groups is 1. The lowest BCUT2D eigenvalue weighted by Crippen LogP contribution is -2.33. The zero-order valence-corrected chi connectivity index (χ0v) is 11.5. The molecule has 1 N–H and O–H groups in total. The van der Waals surface area contributed by atoms with Crippen LogP contribution in [0, 0.1) is 6.92 Å². The van der Waals surface area contributed by atoms with E-state index in [-0.39, 0.29) is 6.10 Å². The molecule has 0 aromatic heterocycles. The number of aliphatic carboxylic acids is 1. The van der Waals surface area contributed by atoms with Gasteiger partial charge in [-0.25, -0.2) is 4.79 Å². The first-order valence-corrected chi connectivity index (χ1v) is 6.80. The fourth-order valence-electron chi connectivity index (χ4n) is 2.44. The molecular formula is C15H21NO3. The normalized spacial score (nSPS) is 22.4. The van der Waals surface area contributed by atoms with Crippen molar-refractivity contribution in [2.75, 3.05) is 18.0 Å². The number of likely N-dealkylation sites (N-methyl/N-ethyl adjacent to an activating group) is 1. The predicted octanol–water partition coefficient (Wildman–Crippen LogP) is 2.45. The summed E-state index contributed by atoms with van der Waals surface area (Å²) in [6, 6.07) is 8.38. The van der Waals surface area contributed by atoms with Crippen LogP contribution in [-0.2, 0) is 9.53 Å². The number of nitrogens with zero attached hydrogens (tertiary/aromatic N) is 1. The quantitative estimate of drug-likeness (QED) is 0.886. The van der Waals surface area contributed by atoms with E-state index in [1.165, 1.54) is 5.56 Å². The van der Waals surface area contributed by atoms with Gasteiger partial charge in [0.25, 0.3) is 0 Å². The lowest BCUT2D eigenvalue weighted by Gasteiger charge is -2.26. The number of carboxylic acids is 1. The Morgan fingerprint density at radius 2 is 2.05 bits per heavy atom. The first-order chi connectivity index (χ1) is 9.10. The Labute approximate surface area is 114 Å². The Kier molecular flexibility index (Phi) is 4.43. The van der Waals surface area contributed by atoms with Crippen LogP contribution >= 0.6 is 0 Å². The van der Waals surface area contributed by atoms with Gasteiger partial charge in [0.2, 0.25) is 0 Å². The maximum Gasteiger partial charge on any atom is 0.332 e. The second-order valence-corrected chi connectivity index (χ2v) is 5.04. The van der Waals surface area contributed by atoms with Gasteiger partial charge in [0, 0.05) is 18.8 Å². The summed E-state index contributed by atoms with van der Waals surface area (Å²) in [5.74, 6) is -0.846. The largest absolute Gasteiger partial charge is 0.479 e. The minimum Gasteiger partial charge on any atom is -0.479 e. The molecule has 4 nitrogen and oxygen atoms in total. The summed E-state index contributed by atoms with van der Waals surface area (Å²) in [6.45, 7) is 5.81. The van der Waals surface area contributed by atoms with Crippen molar-refractivity contribution in [3.8, 4) is 0 Å². The molecule has 0 radical (unpaired) electrons. The molecule has 1 aliphatic heterocycles. The summed E-state index contributed by atoms with van der Waals surface area (Å²) in [4.78, 5) is 13.1. The maximum absolute atomic E-state index is 10.9. The number of rotatable bonds is 5. The molecule has 1 aliphatic rings. The monoisotopic (exact) mass is 263 g/mol. The predicted molar refractivity (Wildman–Crippen MR) is 74.6 cm³/mol. The van der Waals surface area contributed by atoms with Crippen LogP contribution in [-0.4, -0.2) is 36.4 Å². The number of hydrogen-bond donors (Lipinski definition) is 1. The van der Waals surface area contributed by atoms with Crippen LogP contribution in [0.1, 0.15) is 25.3 Å². The standard InChI is InChI=1S/C15H21NO3/c1-3-16(12-6-4-11(2)5-7-12)10-13-8-9-14(19-13)15(17)18/h4-7,13-14H,3,8-10H2,1-2H3,(H,17,18). The van der Waals surface area contributed by atoms with Gasteiger partial charge >= 0.3 is 5.97 Å². The zero-order valence-electron chi connectivity index (χ0n) is 11.5. The van der Waals surface area contributed by atoms with Crippen molar-refractivity contribution in [3.63, 3.8) is 0 Å². The molecule has 104 valence electrons. The van der Waals surface area contributed by atoms with Gasteiger partial charge in [-0.15, -0.1) is 0 Å². The molecule has 1 fully saturated rings. The van der Waals surface area contributed by atoms with E-state index in [0.717, 1.165) is 25.2 Å². The first-order valence-electron chi connectivity index (χ1n) is 6.80. The van der Waals surface area contributed by atoms with Gasteiger partial charge in [-0.3, -0.25) is 0 Å². The van der Waals surface area contributed by atoms with E-state index >= 15 is 0 Å². The van der Waals surface area contributed by atoms with Crippen molar-refractivity contribution in [2.45, 2.75) is 38.9 Å². The van der Waals surface area contributed by atoms with Crippen molar-refractivity contribution >= 4 is 11.7 Å². The summed E-state index contributed by atoms with van der Waals surface area (Å²) in [7, 11) is 0. The number of benzene rings is 1. The fraction of sp³-hybridized carbons (Fsp3) is 0.533. The van der Waals surface area contributed by atoms with E-state index in [1.54, 1.807) is 0 Å². The van der Waals surface area contributed by atoms with Gasteiger partial charge in [0.15, 0.2) is 6.10 Å². The minimum absolute atomic E-state index is 0.0161. The third-order valence-electron chi connectivity index (χ3n) is 3.59. The molecule has 19 heavy (non-hydrogen) atoms. The number of anilines is 1. The van der Waals surface area contributed by atoms with Gasteiger partial charge in [-0.05, 0) is 38.8 Å². The summed E-state index contributed by atoms with van der Waals surface area (Å²) in [5.41, 5.74) is 2.40. The molecule has 1 saturated heterocycles. The van der Waals surface area contributed by atoms with Gasteiger partial charge in [0.05, 0.1) is 6.10 Å². The lowest BCUT2D eigenvalue weighted by molar-refractivity contribution is -0.149. The molecule has 2 unspecified atom stereocenters. The van der Waals surface area contributed by atoms with E-state index in [4.69, 9.17) is 9.84 Å². The van der Waals surface area contributed by atoms with E-state index in [1.807, 2.05) is 0 Å². The van der Waals surface area contributed by atoms with Crippen molar-refractivity contribution in [1.82, 2.24) is 0 Å². The molecule has 1 aromatic rings. The van der Waals surface area contributed by atoms with Crippen LogP contribution < -0.4 is 4.90 Å². The number of aryl methyl sites for hydroxylation is 1. The topological polar surface area (TPSA) is 49.8 Å². The summed E-state index contributed by atoms with van der Waals surface area (Å²) in [6.07, 6.45) is 0.828. The molecule has 1 aromatic carbocycles. The Bertz CT molecular complexity index is 430. The van der Waals surface area contributed by atoms with Crippen LogP contribution in [0.2, 0.25) is 0 Å². The van der Waals surface area contributed by atoms with Crippen LogP contribution in [0.25, 0.3) is 0 Å². The van der Waals surface area contributed by atoms with Crippen molar-refractivity contribution in [3.05, 3.63) is 29.8 Å².